The van der Waals surface area contributed by atoms with Gasteiger partial charge in [-0.25, -0.2) is 4.79 Å². The predicted octanol–water partition coefficient (Wildman–Crippen LogP) is 2.11. The highest BCUT2D eigenvalue weighted by atomic mass is 16.4. The van der Waals surface area contributed by atoms with Crippen LogP contribution in [-0.2, 0) is 11.2 Å². The number of amides is 2. The van der Waals surface area contributed by atoms with Crippen LogP contribution in [0.5, 0.6) is 0 Å². The molecule has 0 bridgehead atoms. The molecule has 1 aliphatic heterocycles. The number of carboxylic acid groups (broad SMARTS) is 1. The summed E-state index contributed by atoms with van der Waals surface area (Å²) in [5.41, 5.74) is -0.662. The Hall–Kier alpha value is -1.98. The van der Waals surface area contributed by atoms with Gasteiger partial charge in [-0.3, -0.25) is 4.79 Å². The Balaban J connectivity index is 1.76. The van der Waals surface area contributed by atoms with Crippen LogP contribution in [0.3, 0.4) is 0 Å². The molecule has 2 heterocycles. The van der Waals surface area contributed by atoms with Crippen molar-refractivity contribution in [3.63, 3.8) is 0 Å². The zero-order chi connectivity index (χ0) is 15.3. The predicted molar refractivity (Wildman–Crippen MR) is 77.0 cm³/mol. The zero-order valence-corrected chi connectivity index (χ0v) is 12.3. The van der Waals surface area contributed by atoms with Gasteiger partial charge in [0.25, 0.3) is 0 Å². The van der Waals surface area contributed by atoms with Gasteiger partial charge in [-0.05, 0) is 31.4 Å². The summed E-state index contributed by atoms with van der Waals surface area (Å²) in [5, 5.41) is 12.2. The lowest BCUT2D eigenvalue weighted by Gasteiger charge is -2.38. The van der Waals surface area contributed by atoms with Gasteiger partial charge in [-0.15, -0.1) is 0 Å². The van der Waals surface area contributed by atoms with Gasteiger partial charge in [-0.2, -0.15) is 0 Å². The van der Waals surface area contributed by atoms with E-state index in [1.54, 1.807) is 11.2 Å². The molecule has 1 aromatic heterocycles. The molecule has 2 amide bonds. The summed E-state index contributed by atoms with van der Waals surface area (Å²) < 4.78 is 5.20. The second kappa shape index (κ2) is 6.65. The molecule has 116 valence electrons. The van der Waals surface area contributed by atoms with E-state index in [1.807, 2.05) is 19.1 Å². The first-order chi connectivity index (χ1) is 10.1. The van der Waals surface area contributed by atoms with Crippen LogP contribution in [0.1, 0.15) is 31.9 Å². The molecule has 0 saturated carbocycles. The number of furan rings is 1. The lowest BCUT2D eigenvalue weighted by molar-refractivity contribution is -0.151. The first-order valence-corrected chi connectivity index (χ1v) is 7.36. The lowest BCUT2D eigenvalue weighted by Crippen LogP contribution is -2.49. The fraction of sp³-hybridized carbons (Fsp3) is 0.600. The number of nitrogens with one attached hydrogen (secondary N) is 1. The molecule has 6 nitrogen and oxygen atoms in total. The number of aliphatic carboxylic acids is 1. The quantitative estimate of drug-likeness (QED) is 0.871. The highest BCUT2D eigenvalue weighted by Gasteiger charge is 2.40. The smallest absolute Gasteiger partial charge is 0.317 e. The van der Waals surface area contributed by atoms with Crippen LogP contribution >= 0.6 is 0 Å². The van der Waals surface area contributed by atoms with E-state index >= 15 is 0 Å². The molecule has 6 heteroatoms. The van der Waals surface area contributed by atoms with Crippen LogP contribution in [0, 0.1) is 5.41 Å². The van der Waals surface area contributed by atoms with Gasteiger partial charge in [0.1, 0.15) is 5.76 Å². The molecule has 0 radical (unpaired) electrons. The molecule has 2 rings (SSSR count). The number of hydrogen-bond acceptors (Lipinski definition) is 3. The van der Waals surface area contributed by atoms with E-state index in [1.165, 1.54) is 0 Å². The van der Waals surface area contributed by atoms with Crippen molar-refractivity contribution in [3.05, 3.63) is 24.2 Å². The van der Waals surface area contributed by atoms with E-state index in [2.05, 4.69) is 5.32 Å². The number of piperidine rings is 1. The Bertz CT molecular complexity index is 476. The molecule has 0 aliphatic carbocycles. The number of nitrogens with zero attached hydrogens (tertiary/aromatic N) is 1. The number of urea groups is 1. The second-order valence-corrected chi connectivity index (χ2v) is 5.49. The summed E-state index contributed by atoms with van der Waals surface area (Å²) in [4.78, 5) is 25.1. The molecule has 1 aliphatic rings. The fourth-order valence-corrected chi connectivity index (χ4v) is 2.72. The fourth-order valence-electron chi connectivity index (χ4n) is 2.72. The van der Waals surface area contributed by atoms with E-state index in [-0.39, 0.29) is 6.03 Å². The van der Waals surface area contributed by atoms with Crippen molar-refractivity contribution >= 4 is 12.0 Å². The Morgan fingerprint density at radius 3 is 2.67 bits per heavy atom. The van der Waals surface area contributed by atoms with Crippen LogP contribution in [0.2, 0.25) is 0 Å². The Morgan fingerprint density at radius 2 is 2.14 bits per heavy atom. The van der Waals surface area contributed by atoms with Crippen LogP contribution in [0.25, 0.3) is 0 Å². The van der Waals surface area contributed by atoms with Crippen molar-refractivity contribution in [2.75, 3.05) is 19.6 Å². The number of hydrogen-bond donors (Lipinski definition) is 2. The molecule has 21 heavy (non-hydrogen) atoms. The SMILES string of the molecule is CCC1(C(=O)O)CCN(C(=O)NCCc2ccco2)CC1. The molecule has 0 spiro atoms. The standard InChI is InChI=1S/C15H22N2O4/c1-2-15(13(18)19)6-9-17(10-7-15)14(20)16-8-5-12-4-3-11-21-12/h3-4,11H,2,5-10H2,1H3,(H,16,20)(H,18,19). The number of carboxylic acids is 1. The van der Waals surface area contributed by atoms with E-state index < -0.39 is 11.4 Å². The van der Waals surface area contributed by atoms with Gasteiger partial charge < -0.3 is 19.7 Å². The minimum absolute atomic E-state index is 0.128. The molecule has 1 saturated heterocycles. The lowest BCUT2D eigenvalue weighted by atomic mass is 9.76. The van der Waals surface area contributed by atoms with Crippen molar-refractivity contribution < 1.29 is 19.1 Å². The average Bonchev–Trinajstić information content (AvgIpc) is 3.00. The minimum atomic E-state index is -0.747. The third kappa shape index (κ3) is 3.56. The summed E-state index contributed by atoms with van der Waals surface area (Å²) in [7, 11) is 0. The minimum Gasteiger partial charge on any atom is -0.481 e. The Labute approximate surface area is 124 Å². The average molecular weight is 294 g/mol. The normalized spacial score (nSPS) is 17.5. The summed E-state index contributed by atoms with van der Waals surface area (Å²) >= 11 is 0. The van der Waals surface area contributed by atoms with Crippen LogP contribution in [0.4, 0.5) is 4.79 Å². The zero-order valence-electron chi connectivity index (χ0n) is 12.3. The first-order valence-electron chi connectivity index (χ1n) is 7.36. The topological polar surface area (TPSA) is 82.8 Å². The van der Waals surface area contributed by atoms with E-state index in [9.17, 15) is 14.7 Å². The summed E-state index contributed by atoms with van der Waals surface area (Å²) in [6.07, 6.45) is 3.91. The molecule has 0 aromatic carbocycles. The van der Waals surface area contributed by atoms with Crippen molar-refractivity contribution in [2.24, 2.45) is 5.41 Å². The maximum Gasteiger partial charge on any atom is 0.317 e. The van der Waals surface area contributed by atoms with Gasteiger partial charge in [0, 0.05) is 26.1 Å². The largest absolute Gasteiger partial charge is 0.481 e. The number of likely N-dealkylation sites (tertiary alicyclic amines) is 1. The van der Waals surface area contributed by atoms with Crippen LogP contribution in [0.15, 0.2) is 22.8 Å². The first kappa shape index (κ1) is 15.4. The van der Waals surface area contributed by atoms with Crippen LogP contribution < -0.4 is 5.32 Å². The van der Waals surface area contributed by atoms with Gasteiger partial charge in [0.05, 0.1) is 11.7 Å². The highest BCUT2D eigenvalue weighted by Crippen LogP contribution is 2.35. The molecule has 1 aromatic rings. The summed E-state index contributed by atoms with van der Waals surface area (Å²) in [5.74, 6) is 0.0905. The summed E-state index contributed by atoms with van der Waals surface area (Å²) in [6, 6.07) is 3.56. The summed E-state index contributed by atoms with van der Waals surface area (Å²) in [6.45, 7) is 3.40. The van der Waals surface area contributed by atoms with E-state index in [4.69, 9.17) is 4.42 Å². The van der Waals surface area contributed by atoms with Gasteiger partial charge in [-0.1, -0.05) is 6.92 Å². The van der Waals surface area contributed by atoms with Crippen molar-refractivity contribution in [1.29, 1.82) is 0 Å². The third-order valence-corrected chi connectivity index (χ3v) is 4.37. The van der Waals surface area contributed by atoms with Crippen molar-refractivity contribution in [1.82, 2.24) is 10.2 Å². The Kier molecular flexibility index (Phi) is 4.88. The maximum absolute atomic E-state index is 12.0. The molecule has 0 unspecified atom stereocenters. The molecule has 2 N–H and O–H groups in total. The van der Waals surface area contributed by atoms with Crippen molar-refractivity contribution in [3.8, 4) is 0 Å². The Morgan fingerprint density at radius 1 is 1.43 bits per heavy atom. The molecule has 1 fully saturated rings. The van der Waals surface area contributed by atoms with Gasteiger partial charge in [0.15, 0.2) is 0 Å². The number of carbonyl (C=O) groups is 2. The number of rotatable bonds is 5. The number of carbonyl (C=O) groups excluding carboxylic acids is 1. The van der Waals surface area contributed by atoms with Crippen LogP contribution in [-0.4, -0.2) is 41.6 Å². The van der Waals surface area contributed by atoms with Crippen molar-refractivity contribution in [2.45, 2.75) is 32.6 Å². The van der Waals surface area contributed by atoms with Gasteiger partial charge in [0.2, 0.25) is 0 Å². The van der Waals surface area contributed by atoms with Gasteiger partial charge >= 0.3 is 12.0 Å². The van der Waals surface area contributed by atoms with E-state index in [0.29, 0.717) is 45.3 Å². The molecular weight excluding hydrogens is 272 g/mol. The monoisotopic (exact) mass is 294 g/mol. The molecular formula is C15H22N2O4. The third-order valence-electron chi connectivity index (χ3n) is 4.37. The molecule has 0 atom stereocenters. The second-order valence-electron chi connectivity index (χ2n) is 5.49. The highest BCUT2D eigenvalue weighted by molar-refractivity contribution is 5.77. The maximum atomic E-state index is 12.0. The van der Waals surface area contributed by atoms with E-state index in [0.717, 1.165) is 5.76 Å².